The Morgan fingerprint density at radius 3 is 2.59 bits per heavy atom. The van der Waals surface area contributed by atoms with E-state index in [-0.39, 0.29) is 11.4 Å². The standard InChI is InChI=1S/C18H16BrClFN/c1-10-9-18(2,3)22-16-5-4-11(6-13(10)16)14-7-12(21)8-15(19)17(14)20/h4-9,22H,1-3H3. The fraction of sp³-hybridized carbons (Fsp3) is 0.222. The predicted octanol–water partition coefficient (Wildman–Crippen LogP) is 6.52. The summed E-state index contributed by atoms with van der Waals surface area (Å²) in [6.45, 7) is 6.36. The van der Waals surface area contributed by atoms with Crippen LogP contribution in [0, 0.1) is 5.82 Å². The van der Waals surface area contributed by atoms with Crippen LogP contribution in [-0.4, -0.2) is 5.54 Å². The van der Waals surface area contributed by atoms with E-state index in [1.54, 1.807) is 0 Å². The van der Waals surface area contributed by atoms with Gasteiger partial charge in [0.25, 0.3) is 0 Å². The first kappa shape index (κ1) is 15.6. The normalized spacial score (nSPS) is 15.8. The highest BCUT2D eigenvalue weighted by atomic mass is 79.9. The summed E-state index contributed by atoms with van der Waals surface area (Å²) >= 11 is 9.62. The molecule has 0 fully saturated rings. The van der Waals surface area contributed by atoms with Crippen LogP contribution in [0.2, 0.25) is 5.02 Å². The van der Waals surface area contributed by atoms with Gasteiger partial charge in [0.1, 0.15) is 5.82 Å². The lowest BCUT2D eigenvalue weighted by Crippen LogP contribution is -2.31. The van der Waals surface area contributed by atoms with E-state index in [0.29, 0.717) is 15.1 Å². The van der Waals surface area contributed by atoms with Crippen molar-refractivity contribution in [2.75, 3.05) is 5.32 Å². The van der Waals surface area contributed by atoms with Gasteiger partial charge < -0.3 is 5.32 Å². The Balaban J connectivity index is 2.15. The van der Waals surface area contributed by atoms with Crippen LogP contribution >= 0.6 is 27.5 Å². The van der Waals surface area contributed by atoms with Crippen LogP contribution < -0.4 is 5.32 Å². The van der Waals surface area contributed by atoms with Crippen LogP contribution in [0.4, 0.5) is 10.1 Å². The quantitative estimate of drug-likeness (QED) is 0.556. The van der Waals surface area contributed by atoms with Crippen molar-refractivity contribution >= 4 is 38.8 Å². The van der Waals surface area contributed by atoms with E-state index >= 15 is 0 Å². The van der Waals surface area contributed by atoms with Gasteiger partial charge in [-0.1, -0.05) is 23.7 Å². The molecule has 0 bridgehead atoms. The van der Waals surface area contributed by atoms with Gasteiger partial charge in [-0.2, -0.15) is 0 Å². The van der Waals surface area contributed by atoms with Crippen molar-refractivity contribution in [3.63, 3.8) is 0 Å². The van der Waals surface area contributed by atoms with E-state index in [9.17, 15) is 4.39 Å². The summed E-state index contributed by atoms with van der Waals surface area (Å²) in [6.07, 6.45) is 2.20. The number of hydrogen-bond donors (Lipinski definition) is 1. The Labute approximate surface area is 143 Å². The van der Waals surface area contributed by atoms with Crippen LogP contribution in [0.25, 0.3) is 16.7 Å². The maximum absolute atomic E-state index is 13.7. The Bertz CT molecular complexity index is 796. The molecule has 1 aliphatic heterocycles. The lowest BCUT2D eigenvalue weighted by atomic mass is 9.89. The second-order valence-electron chi connectivity index (χ2n) is 6.18. The Morgan fingerprint density at radius 1 is 1.14 bits per heavy atom. The van der Waals surface area contributed by atoms with Crippen molar-refractivity contribution in [1.29, 1.82) is 0 Å². The zero-order chi connectivity index (χ0) is 16.1. The number of halogens is 3. The van der Waals surface area contributed by atoms with E-state index in [0.717, 1.165) is 16.8 Å². The molecule has 0 amide bonds. The fourth-order valence-corrected chi connectivity index (χ4v) is 3.57. The van der Waals surface area contributed by atoms with Crippen molar-refractivity contribution in [3.8, 4) is 11.1 Å². The molecule has 3 rings (SSSR count). The second-order valence-corrected chi connectivity index (χ2v) is 7.42. The van der Waals surface area contributed by atoms with Crippen molar-refractivity contribution in [2.45, 2.75) is 26.3 Å². The minimum atomic E-state index is -0.310. The van der Waals surface area contributed by atoms with Gasteiger partial charge in [-0.3, -0.25) is 0 Å². The van der Waals surface area contributed by atoms with Crippen molar-refractivity contribution < 1.29 is 4.39 Å². The fourth-order valence-electron chi connectivity index (χ4n) is 2.92. The molecule has 0 saturated heterocycles. The minimum absolute atomic E-state index is 0.0713. The summed E-state index contributed by atoms with van der Waals surface area (Å²) in [4.78, 5) is 0. The zero-order valence-electron chi connectivity index (χ0n) is 12.6. The highest BCUT2D eigenvalue weighted by Gasteiger charge is 2.23. The number of nitrogens with one attached hydrogen (secondary N) is 1. The third-order valence-electron chi connectivity index (χ3n) is 3.78. The molecule has 0 aliphatic carbocycles. The Morgan fingerprint density at radius 2 is 1.86 bits per heavy atom. The summed E-state index contributed by atoms with van der Waals surface area (Å²) in [5, 5.41) is 4.01. The first-order valence-corrected chi connectivity index (χ1v) is 8.21. The second kappa shape index (κ2) is 5.39. The van der Waals surface area contributed by atoms with Crippen molar-refractivity contribution in [1.82, 2.24) is 0 Å². The first-order valence-electron chi connectivity index (χ1n) is 7.04. The molecule has 2 aromatic carbocycles. The molecule has 114 valence electrons. The number of benzene rings is 2. The number of fused-ring (bicyclic) bond motifs is 1. The van der Waals surface area contributed by atoms with E-state index in [1.165, 1.54) is 17.7 Å². The van der Waals surface area contributed by atoms with Gasteiger partial charge in [0, 0.05) is 21.3 Å². The topological polar surface area (TPSA) is 12.0 Å². The van der Waals surface area contributed by atoms with Crippen LogP contribution in [0.3, 0.4) is 0 Å². The van der Waals surface area contributed by atoms with Gasteiger partial charge in [0.15, 0.2) is 0 Å². The molecule has 2 aromatic rings. The molecular formula is C18H16BrClFN. The summed E-state index contributed by atoms with van der Waals surface area (Å²) in [5.74, 6) is -0.310. The Hall–Kier alpha value is -1.32. The van der Waals surface area contributed by atoms with Gasteiger partial charge in [-0.05, 0) is 72.1 Å². The average Bonchev–Trinajstić information content (AvgIpc) is 2.41. The lowest BCUT2D eigenvalue weighted by Gasteiger charge is -2.31. The monoisotopic (exact) mass is 379 g/mol. The molecule has 22 heavy (non-hydrogen) atoms. The molecule has 0 saturated carbocycles. The van der Waals surface area contributed by atoms with Gasteiger partial charge in [-0.15, -0.1) is 0 Å². The SMILES string of the molecule is CC1=CC(C)(C)Nc2ccc(-c3cc(F)cc(Br)c3Cl)cc21. The molecule has 0 unspecified atom stereocenters. The van der Waals surface area contributed by atoms with E-state index in [2.05, 4.69) is 54.2 Å². The van der Waals surface area contributed by atoms with E-state index < -0.39 is 0 Å². The largest absolute Gasteiger partial charge is 0.376 e. The Kier molecular flexibility index (Phi) is 3.82. The summed E-state index contributed by atoms with van der Waals surface area (Å²) in [6, 6.07) is 8.88. The third-order valence-corrected chi connectivity index (χ3v) is 5.04. The number of rotatable bonds is 1. The zero-order valence-corrected chi connectivity index (χ0v) is 14.9. The molecule has 0 radical (unpaired) electrons. The summed E-state index contributed by atoms with van der Waals surface area (Å²) in [5.41, 5.74) is 4.92. The maximum Gasteiger partial charge on any atom is 0.125 e. The van der Waals surface area contributed by atoms with E-state index in [4.69, 9.17) is 11.6 Å². The molecular weight excluding hydrogens is 365 g/mol. The number of hydrogen-bond acceptors (Lipinski definition) is 1. The highest BCUT2D eigenvalue weighted by Crippen LogP contribution is 2.39. The number of anilines is 1. The summed E-state index contributed by atoms with van der Waals surface area (Å²) in [7, 11) is 0. The van der Waals surface area contributed by atoms with Gasteiger partial charge >= 0.3 is 0 Å². The van der Waals surface area contributed by atoms with Gasteiger partial charge in [0.2, 0.25) is 0 Å². The number of allylic oxidation sites excluding steroid dienone is 1. The molecule has 1 N–H and O–H groups in total. The molecule has 0 spiro atoms. The molecule has 4 heteroatoms. The summed E-state index contributed by atoms with van der Waals surface area (Å²) < 4.78 is 14.3. The van der Waals surface area contributed by atoms with Gasteiger partial charge in [-0.25, -0.2) is 4.39 Å². The third kappa shape index (κ3) is 2.80. The molecule has 1 aliphatic rings. The van der Waals surface area contributed by atoms with Crippen LogP contribution in [0.15, 0.2) is 40.9 Å². The predicted molar refractivity (Wildman–Crippen MR) is 95.9 cm³/mol. The lowest BCUT2D eigenvalue weighted by molar-refractivity contribution is 0.627. The smallest absolute Gasteiger partial charge is 0.125 e. The molecule has 1 heterocycles. The first-order chi connectivity index (χ1) is 10.3. The van der Waals surface area contributed by atoms with Crippen molar-refractivity contribution in [2.24, 2.45) is 0 Å². The minimum Gasteiger partial charge on any atom is -0.376 e. The highest BCUT2D eigenvalue weighted by molar-refractivity contribution is 9.10. The van der Waals surface area contributed by atoms with Crippen LogP contribution in [0.1, 0.15) is 26.3 Å². The maximum atomic E-state index is 13.7. The van der Waals surface area contributed by atoms with Crippen LogP contribution in [-0.2, 0) is 0 Å². The molecule has 0 aromatic heterocycles. The average molecular weight is 381 g/mol. The van der Waals surface area contributed by atoms with Crippen LogP contribution in [0.5, 0.6) is 0 Å². The van der Waals surface area contributed by atoms with E-state index in [1.807, 2.05) is 12.1 Å². The van der Waals surface area contributed by atoms with Gasteiger partial charge in [0.05, 0.1) is 10.6 Å². The van der Waals surface area contributed by atoms with Crippen molar-refractivity contribution in [3.05, 3.63) is 57.3 Å². The molecule has 1 nitrogen and oxygen atoms in total. The molecule has 0 atom stereocenters.